The van der Waals surface area contributed by atoms with Crippen molar-refractivity contribution in [1.29, 1.82) is 0 Å². The second-order valence-electron chi connectivity index (χ2n) is 4.86. The van der Waals surface area contributed by atoms with Crippen LogP contribution in [0.15, 0.2) is 5.10 Å². The fourth-order valence-corrected chi connectivity index (χ4v) is 8.67. The normalized spacial score (nSPS) is 27.9. The van der Waals surface area contributed by atoms with Gasteiger partial charge in [-0.15, -0.1) is 11.7 Å². The Morgan fingerprint density at radius 2 is 2.18 bits per heavy atom. The Balaban J connectivity index is 2.43. The molecule has 0 spiro atoms. The predicted molar refractivity (Wildman–Crippen MR) is 91.2 cm³/mol. The third kappa shape index (κ3) is 5.01. The predicted octanol–water partition coefficient (Wildman–Crippen LogP) is 4.86. The zero-order valence-corrected chi connectivity index (χ0v) is 14.1. The van der Waals surface area contributed by atoms with Crippen molar-refractivity contribution in [3.05, 3.63) is 0 Å². The van der Waals surface area contributed by atoms with Crippen LogP contribution in [-0.4, -0.2) is 14.6 Å². The molecule has 0 aromatic rings. The van der Waals surface area contributed by atoms with Crippen LogP contribution in [0.1, 0.15) is 52.9 Å². The minimum absolute atomic E-state index is 0.215. The average molecular weight is 311 g/mol. The van der Waals surface area contributed by atoms with E-state index < -0.39 is 8.09 Å². The molecule has 6 heteroatoms. The molecule has 2 nitrogen and oxygen atoms in total. The lowest BCUT2D eigenvalue weighted by molar-refractivity contribution is 0.561. The summed E-state index contributed by atoms with van der Waals surface area (Å²) in [5.41, 5.74) is 4.74. The Morgan fingerprint density at radius 3 is 2.71 bits per heavy atom. The molecule has 0 saturated carbocycles. The maximum atomic E-state index is 5.28. The molecule has 1 aliphatic heterocycles. The van der Waals surface area contributed by atoms with Gasteiger partial charge in [-0.1, -0.05) is 63.7 Å². The third-order valence-electron chi connectivity index (χ3n) is 2.60. The van der Waals surface area contributed by atoms with Crippen LogP contribution in [0.5, 0.6) is 0 Å². The van der Waals surface area contributed by atoms with Crippen molar-refractivity contribution in [3.63, 3.8) is 0 Å². The summed E-state index contributed by atoms with van der Waals surface area (Å²) in [6.07, 6.45) is 6.45. The van der Waals surface area contributed by atoms with Crippen molar-refractivity contribution in [3.8, 4) is 0 Å². The molecule has 0 saturated heterocycles. The lowest BCUT2D eigenvalue weighted by Gasteiger charge is -2.34. The lowest BCUT2D eigenvalue weighted by Crippen LogP contribution is -2.19. The summed E-state index contributed by atoms with van der Waals surface area (Å²) < 4.78 is 1.000. The fourth-order valence-electron chi connectivity index (χ4n) is 1.69. The summed E-state index contributed by atoms with van der Waals surface area (Å²) in [6.45, 7) is 6.80. The molecule has 0 radical (unpaired) electrons. The maximum Gasteiger partial charge on any atom is 0.159 e. The van der Waals surface area contributed by atoms with Crippen molar-refractivity contribution in [2.75, 3.05) is 0 Å². The first kappa shape index (κ1) is 15.7. The Morgan fingerprint density at radius 1 is 1.47 bits per heavy atom. The van der Waals surface area contributed by atoms with Gasteiger partial charge in [0.1, 0.15) is 0 Å². The summed E-state index contributed by atoms with van der Waals surface area (Å²) in [6, 6.07) is 0. The van der Waals surface area contributed by atoms with Crippen molar-refractivity contribution < 1.29 is 0 Å². The maximum absolute atomic E-state index is 5.28. The molecule has 0 aromatic heterocycles. The summed E-state index contributed by atoms with van der Waals surface area (Å²) in [5, 5.41) is 4.04. The van der Waals surface area contributed by atoms with Crippen LogP contribution in [0.4, 0.5) is 0 Å². The summed E-state index contributed by atoms with van der Waals surface area (Å²) in [7, 11) is 0.529. The van der Waals surface area contributed by atoms with Gasteiger partial charge in [-0.2, -0.15) is 5.10 Å². The number of thiocarbonyl (C=S) groups is 1. The summed E-state index contributed by atoms with van der Waals surface area (Å²) in [4.78, 5) is 0. The number of hydrogen-bond acceptors (Lipinski definition) is 4. The lowest BCUT2D eigenvalue weighted by atomic mass is 10.0. The van der Waals surface area contributed by atoms with Crippen LogP contribution in [0.3, 0.4) is 0 Å². The van der Waals surface area contributed by atoms with Crippen LogP contribution in [-0.2, 0) is 0 Å². The number of thiol groups is 1. The number of rotatable bonds is 7. The average Bonchev–Trinajstić information content (AvgIpc) is 2.53. The zero-order chi connectivity index (χ0) is 12.9. The molecule has 0 aromatic carbocycles. The van der Waals surface area contributed by atoms with Crippen LogP contribution in [0.25, 0.3) is 0 Å². The van der Waals surface area contributed by atoms with Crippen LogP contribution < -0.4 is 5.43 Å². The molecule has 1 atom stereocenters. The molecule has 1 N–H and O–H groups in total. The Bertz CT molecular complexity index is 304. The molecule has 1 rings (SSSR count). The molecule has 1 aliphatic rings. The molecule has 1 heterocycles. The molecule has 1 unspecified atom stereocenters. The van der Waals surface area contributed by atoms with Crippen molar-refractivity contribution in [2.45, 2.75) is 57.6 Å². The van der Waals surface area contributed by atoms with Crippen molar-refractivity contribution >= 4 is 52.6 Å². The smallest absolute Gasteiger partial charge is 0.159 e. The van der Waals surface area contributed by atoms with Gasteiger partial charge in [0.2, 0.25) is 0 Å². The van der Waals surface area contributed by atoms with E-state index in [1.807, 2.05) is 16.3 Å². The topological polar surface area (TPSA) is 24.4 Å². The van der Waals surface area contributed by atoms with E-state index in [9.17, 15) is 0 Å². The molecule has 0 bridgehead atoms. The first-order chi connectivity index (χ1) is 7.90. The number of hydrazone groups is 1. The zero-order valence-electron chi connectivity index (χ0n) is 10.7. The highest BCUT2D eigenvalue weighted by Gasteiger charge is 2.35. The highest BCUT2D eigenvalue weighted by Crippen LogP contribution is 2.68. The van der Waals surface area contributed by atoms with Crippen LogP contribution in [0, 0.1) is 0 Å². The third-order valence-corrected chi connectivity index (χ3v) is 10.5. The quantitative estimate of drug-likeness (QED) is 0.304. The minimum Gasteiger partial charge on any atom is -0.261 e. The van der Waals surface area contributed by atoms with Gasteiger partial charge >= 0.3 is 0 Å². The Kier molecular flexibility index (Phi) is 6.16. The van der Waals surface area contributed by atoms with E-state index in [0.717, 1.165) is 4.32 Å². The number of unbranched alkanes of at least 4 members (excludes halogenated alkanes) is 3. The highest BCUT2D eigenvalue weighted by atomic mass is 33.5. The van der Waals surface area contributed by atoms with E-state index in [2.05, 4.69) is 31.3 Å². The molecular weight excluding hydrogens is 288 g/mol. The molecular formula is C11H22N2S4. The minimum atomic E-state index is -1.34. The first-order valence-electron chi connectivity index (χ1n) is 5.99. The van der Waals surface area contributed by atoms with E-state index in [1.165, 1.54) is 32.1 Å². The van der Waals surface area contributed by atoms with Gasteiger partial charge in [0.15, 0.2) is 4.32 Å². The monoisotopic (exact) mass is 310 g/mol. The van der Waals surface area contributed by atoms with Crippen LogP contribution >= 0.6 is 42.8 Å². The molecule has 0 aliphatic carbocycles. The largest absolute Gasteiger partial charge is 0.261 e. The van der Waals surface area contributed by atoms with E-state index in [1.54, 1.807) is 0 Å². The number of nitrogens with zero attached hydrogens (tertiary/aromatic N) is 1. The molecule has 17 heavy (non-hydrogen) atoms. The molecule has 0 amide bonds. The first-order valence-corrected chi connectivity index (χ1v) is 10.5. The Hall–Kier alpha value is 0.610. The van der Waals surface area contributed by atoms with Gasteiger partial charge in [-0.25, -0.2) is 0 Å². The van der Waals surface area contributed by atoms with Crippen molar-refractivity contribution in [1.82, 2.24) is 5.43 Å². The van der Waals surface area contributed by atoms with Gasteiger partial charge < -0.3 is 0 Å². The van der Waals surface area contributed by atoms with E-state index >= 15 is 0 Å². The van der Waals surface area contributed by atoms with E-state index in [0.29, 0.717) is 0 Å². The second-order valence-corrected chi connectivity index (χ2v) is 13.1. The summed E-state index contributed by atoms with van der Waals surface area (Å²) in [5.74, 6) is 0. The standard InChI is InChI=1S/C11H22N2S4/c1-4-5-6-7-8-11(2,3)16-17(15)9-12-13-10(17)14/h9,15H,4-8H2,1-3H3,(H,13,14). The van der Waals surface area contributed by atoms with Crippen molar-refractivity contribution in [2.24, 2.45) is 5.10 Å². The van der Waals surface area contributed by atoms with Gasteiger partial charge in [-0.05, 0) is 20.3 Å². The SMILES string of the molecule is CCCCCCC(C)(C)SS1(S)C=NNC1=S. The van der Waals surface area contributed by atoms with E-state index in [4.69, 9.17) is 23.9 Å². The fraction of sp³-hybridized carbons (Fsp3) is 0.818. The second kappa shape index (κ2) is 6.68. The molecule has 0 fully saturated rings. The number of hydrogen-bond donors (Lipinski definition) is 2. The van der Waals surface area contributed by atoms with Gasteiger partial charge in [0.05, 0.1) is 5.55 Å². The number of nitrogens with one attached hydrogen (secondary N) is 1. The summed E-state index contributed by atoms with van der Waals surface area (Å²) >= 11 is 10.0. The van der Waals surface area contributed by atoms with Gasteiger partial charge in [0, 0.05) is 4.75 Å². The van der Waals surface area contributed by atoms with Gasteiger partial charge in [-0.3, -0.25) is 5.43 Å². The highest BCUT2D eigenvalue weighted by molar-refractivity contribution is 9.31. The van der Waals surface area contributed by atoms with Gasteiger partial charge in [0.25, 0.3) is 0 Å². The van der Waals surface area contributed by atoms with E-state index in [-0.39, 0.29) is 4.75 Å². The van der Waals surface area contributed by atoms with Crippen LogP contribution in [0.2, 0.25) is 0 Å². The molecule has 100 valence electrons. The Labute approximate surface area is 120 Å².